The van der Waals surface area contributed by atoms with Crippen molar-refractivity contribution in [3.05, 3.63) is 0 Å². The maximum absolute atomic E-state index is 10.9. The first kappa shape index (κ1) is 21.9. The standard InChI is InChI=1S/C9H15NO4.2C2H6/c1-3-7(12)4-5-8(9(13)14)10-6(2)11;2*1-2/h8H,3-5H2,1-2H3,(H,10,11)(H,13,14);2*1-2H3/t8-;;/m1../s1. The van der Waals surface area contributed by atoms with Gasteiger partial charge < -0.3 is 10.4 Å². The molecule has 0 saturated carbocycles. The average Bonchev–Trinajstić information content (AvgIpc) is 2.38. The number of carboxylic acids is 1. The first-order chi connectivity index (χ1) is 8.47. The van der Waals surface area contributed by atoms with E-state index in [4.69, 9.17) is 5.11 Å². The Morgan fingerprint density at radius 2 is 1.56 bits per heavy atom. The molecular weight excluding hydrogens is 234 g/mol. The van der Waals surface area contributed by atoms with Crippen LogP contribution in [0, 0.1) is 0 Å². The Labute approximate surface area is 110 Å². The zero-order chi connectivity index (χ0) is 15.1. The van der Waals surface area contributed by atoms with Crippen molar-refractivity contribution in [1.29, 1.82) is 0 Å². The highest BCUT2D eigenvalue weighted by molar-refractivity contribution is 5.83. The third-order valence-corrected chi connectivity index (χ3v) is 1.78. The molecule has 0 aromatic rings. The molecule has 5 heteroatoms. The van der Waals surface area contributed by atoms with Gasteiger partial charge in [-0.25, -0.2) is 4.79 Å². The Hall–Kier alpha value is -1.39. The van der Waals surface area contributed by atoms with Gasteiger partial charge in [0.15, 0.2) is 0 Å². The van der Waals surface area contributed by atoms with Crippen LogP contribution in [-0.4, -0.2) is 28.8 Å². The molecule has 0 saturated heterocycles. The van der Waals surface area contributed by atoms with Crippen LogP contribution in [0.15, 0.2) is 0 Å². The van der Waals surface area contributed by atoms with Gasteiger partial charge in [0.1, 0.15) is 11.8 Å². The lowest BCUT2D eigenvalue weighted by Gasteiger charge is -2.11. The average molecular weight is 261 g/mol. The summed E-state index contributed by atoms with van der Waals surface area (Å²) < 4.78 is 0. The first-order valence-electron chi connectivity index (χ1n) is 6.49. The van der Waals surface area contributed by atoms with Crippen molar-refractivity contribution in [2.75, 3.05) is 0 Å². The van der Waals surface area contributed by atoms with Gasteiger partial charge in [-0.1, -0.05) is 34.6 Å². The van der Waals surface area contributed by atoms with Crippen LogP contribution in [-0.2, 0) is 14.4 Å². The lowest BCUT2D eigenvalue weighted by atomic mass is 10.1. The Morgan fingerprint density at radius 1 is 1.11 bits per heavy atom. The highest BCUT2D eigenvalue weighted by Gasteiger charge is 2.18. The Bertz CT molecular complexity index is 239. The molecule has 0 radical (unpaired) electrons. The smallest absolute Gasteiger partial charge is 0.326 e. The van der Waals surface area contributed by atoms with Crippen molar-refractivity contribution < 1.29 is 19.5 Å². The fraction of sp³-hybridized carbons (Fsp3) is 0.769. The van der Waals surface area contributed by atoms with Crippen LogP contribution >= 0.6 is 0 Å². The fourth-order valence-corrected chi connectivity index (χ4v) is 0.985. The molecule has 0 aromatic carbocycles. The van der Waals surface area contributed by atoms with Crippen LogP contribution in [0.1, 0.15) is 60.8 Å². The van der Waals surface area contributed by atoms with Gasteiger partial charge in [0.25, 0.3) is 0 Å². The number of carbonyl (C=O) groups excluding carboxylic acids is 2. The second kappa shape index (κ2) is 15.6. The van der Waals surface area contributed by atoms with E-state index in [0.29, 0.717) is 6.42 Å². The largest absolute Gasteiger partial charge is 0.480 e. The van der Waals surface area contributed by atoms with Gasteiger partial charge in [-0.15, -0.1) is 0 Å². The van der Waals surface area contributed by atoms with E-state index in [1.54, 1.807) is 6.92 Å². The third kappa shape index (κ3) is 14.6. The molecule has 1 amide bonds. The molecule has 0 spiro atoms. The van der Waals surface area contributed by atoms with Crippen LogP contribution in [0.2, 0.25) is 0 Å². The zero-order valence-electron chi connectivity index (χ0n) is 12.4. The number of rotatable bonds is 6. The number of aliphatic carboxylic acids is 1. The van der Waals surface area contributed by atoms with E-state index in [2.05, 4.69) is 5.32 Å². The van der Waals surface area contributed by atoms with Crippen molar-refractivity contribution >= 4 is 17.7 Å². The molecule has 0 bridgehead atoms. The van der Waals surface area contributed by atoms with Crippen molar-refractivity contribution in [2.45, 2.75) is 66.8 Å². The number of nitrogens with one attached hydrogen (secondary N) is 1. The van der Waals surface area contributed by atoms with Crippen molar-refractivity contribution in [3.8, 4) is 0 Å². The first-order valence-corrected chi connectivity index (χ1v) is 6.49. The van der Waals surface area contributed by atoms with Crippen LogP contribution in [0.5, 0.6) is 0 Å². The second-order valence-electron chi connectivity index (χ2n) is 3.02. The predicted molar refractivity (Wildman–Crippen MR) is 72.5 cm³/mol. The minimum absolute atomic E-state index is 0.00148. The van der Waals surface area contributed by atoms with Gasteiger partial charge in [0.2, 0.25) is 5.91 Å². The molecule has 5 nitrogen and oxygen atoms in total. The van der Waals surface area contributed by atoms with Crippen molar-refractivity contribution in [3.63, 3.8) is 0 Å². The van der Waals surface area contributed by atoms with Crippen LogP contribution in [0.25, 0.3) is 0 Å². The Morgan fingerprint density at radius 3 is 1.83 bits per heavy atom. The summed E-state index contributed by atoms with van der Waals surface area (Å²) >= 11 is 0. The highest BCUT2D eigenvalue weighted by atomic mass is 16.4. The minimum Gasteiger partial charge on any atom is -0.480 e. The van der Waals surface area contributed by atoms with Gasteiger partial charge >= 0.3 is 5.97 Å². The monoisotopic (exact) mass is 261 g/mol. The number of amides is 1. The third-order valence-electron chi connectivity index (χ3n) is 1.78. The SMILES string of the molecule is CC.CC.CCC(=O)CC[C@@H](NC(C)=O)C(=O)O. The van der Waals surface area contributed by atoms with E-state index in [-0.39, 0.29) is 18.6 Å². The van der Waals surface area contributed by atoms with E-state index < -0.39 is 17.9 Å². The lowest BCUT2D eigenvalue weighted by molar-refractivity contribution is -0.141. The molecule has 0 aliphatic rings. The summed E-state index contributed by atoms with van der Waals surface area (Å²) in [6.07, 6.45) is 0.738. The van der Waals surface area contributed by atoms with E-state index in [1.165, 1.54) is 6.92 Å². The molecule has 0 fully saturated rings. The van der Waals surface area contributed by atoms with Crippen molar-refractivity contribution in [1.82, 2.24) is 5.32 Å². The zero-order valence-corrected chi connectivity index (χ0v) is 12.4. The molecule has 0 aliphatic heterocycles. The predicted octanol–water partition coefficient (Wildman–Crippen LogP) is 2.39. The van der Waals surface area contributed by atoms with E-state index >= 15 is 0 Å². The molecule has 0 heterocycles. The quantitative estimate of drug-likeness (QED) is 0.769. The minimum atomic E-state index is -1.11. The number of carbonyl (C=O) groups is 3. The highest BCUT2D eigenvalue weighted by Crippen LogP contribution is 2.00. The number of ketones is 1. The summed E-state index contributed by atoms with van der Waals surface area (Å²) in [7, 11) is 0. The number of Topliss-reactive ketones (excluding diaryl/α,β-unsaturated/α-hetero) is 1. The van der Waals surface area contributed by atoms with Crippen LogP contribution < -0.4 is 5.32 Å². The molecule has 2 N–H and O–H groups in total. The molecule has 1 atom stereocenters. The van der Waals surface area contributed by atoms with Gasteiger partial charge in [0, 0.05) is 19.8 Å². The summed E-state index contributed by atoms with van der Waals surface area (Å²) in [5, 5.41) is 10.9. The molecule has 108 valence electrons. The molecule has 0 aliphatic carbocycles. The Balaban J connectivity index is -0.000000506. The maximum Gasteiger partial charge on any atom is 0.326 e. The summed E-state index contributed by atoms with van der Waals surface area (Å²) in [6.45, 7) is 11.0. The normalized spacial score (nSPS) is 9.89. The van der Waals surface area contributed by atoms with Gasteiger partial charge in [0.05, 0.1) is 0 Å². The summed E-state index contributed by atoms with van der Waals surface area (Å²) in [6, 6.07) is -0.956. The molecule has 0 rings (SSSR count). The Kier molecular flexibility index (Phi) is 18.9. The van der Waals surface area contributed by atoms with Crippen LogP contribution in [0.3, 0.4) is 0 Å². The number of hydrogen-bond acceptors (Lipinski definition) is 3. The second-order valence-corrected chi connectivity index (χ2v) is 3.02. The van der Waals surface area contributed by atoms with E-state index in [1.807, 2.05) is 27.7 Å². The lowest BCUT2D eigenvalue weighted by Crippen LogP contribution is -2.39. The fourth-order valence-electron chi connectivity index (χ4n) is 0.985. The summed E-state index contributed by atoms with van der Waals surface area (Å²) in [5.41, 5.74) is 0. The summed E-state index contributed by atoms with van der Waals surface area (Å²) in [4.78, 5) is 32.1. The topological polar surface area (TPSA) is 83.5 Å². The van der Waals surface area contributed by atoms with Gasteiger partial charge in [-0.05, 0) is 6.42 Å². The maximum atomic E-state index is 10.9. The van der Waals surface area contributed by atoms with Crippen molar-refractivity contribution in [2.24, 2.45) is 0 Å². The van der Waals surface area contributed by atoms with E-state index in [9.17, 15) is 14.4 Å². The molecular formula is C13H27NO4. The summed E-state index contributed by atoms with van der Waals surface area (Å²) in [5.74, 6) is -1.51. The number of hydrogen-bond donors (Lipinski definition) is 2. The number of carboxylic acid groups (broad SMARTS) is 1. The molecule has 0 aromatic heterocycles. The van der Waals surface area contributed by atoms with Gasteiger partial charge in [-0.3, -0.25) is 9.59 Å². The molecule has 0 unspecified atom stereocenters. The van der Waals surface area contributed by atoms with Gasteiger partial charge in [-0.2, -0.15) is 0 Å². The van der Waals surface area contributed by atoms with E-state index in [0.717, 1.165) is 0 Å². The van der Waals surface area contributed by atoms with Crippen LogP contribution in [0.4, 0.5) is 0 Å². The molecule has 18 heavy (non-hydrogen) atoms.